The second-order valence-electron chi connectivity index (χ2n) is 6.86. The molecule has 0 radical (unpaired) electrons. The van der Waals surface area contributed by atoms with Crippen LogP contribution in [0.2, 0.25) is 0 Å². The summed E-state index contributed by atoms with van der Waals surface area (Å²) in [6.45, 7) is 6.60. The third-order valence-corrected chi connectivity index (χ3v) is 5.56. The minimum atomic E-state index is -3.88. The average Bonchev–Trinajstić information content (AvgIpc) is 2.63. The van der Waals surface area contributed by atoms with E-state index in [2.05, 4.69) is 0 Å². The van der Waals surface area contributed by atoms with Crippen molar-refractivity contribution in [3.8, 4) is 5.75 Å². The number of Topliss-reactive ketones (excluding diaryl/α,β-unsaturated/α-hetero) is 1. The lowest BCUT2D eigenvalue weighted by molar-refractivity contribution is -0.154. The quantitative estimate of drug-likeness (QED) is 0.244. The van der Waals surface area contributed by atoms with Gasteiger partial charge in [-0.15, -0.1) is 0 Å². The van der Waals surface area contributed by atoms with Crippen LogP contribution in [0.4, 0.5) is 0 Å². The molecule has 0 heterocycles. The summed E-state index contributed by atoms with van der Waals surface area (Å²) in [7, 11) is -2.36. The van der Waals surface area contributed by atoms with Crippen molar-refractivity contribution in [2.75, 3.05) is 26.1 Å². The molecule has 0 spiro atoms. The minimum Gasteiger partial charge on any atom is -0.496 e. The molecule has 8 heteroatoms. The molecule has 0 aliphatic rings. The van der Waals surface area contributed by atoms with Crippen LogP contribution in [0.5, 0.6) is 5.75 Å². The third kappa shape index (κ3) is 7.30. The highest BCUT2D eigenvalue weighted by molar-refractivity contribution is 7.86. The smallest absolute Gasteiger partial charge is 0.311 e. The van der Waals surface area contributed by atoms with Crippen molar-refractivity contribution in [2.24, 2.45) is 5.41 Å². The number of benzene rings is 1. The summed E-state index contributed by atoms with van der Waals surface area (Å²) in [5.41, 5.74) is 0.514. The molecule has 1 aromatic rings. The Labute approximate surface area is 161 Å². The van der Waals surface area contributed by atoms with Crippen molar-refractivity contribution in [1.29, 1.82) is 0 Å². The Morgan fingerprint density at radius 3 is 2.41 bits per heavy atom. The molecule has 0 saturated carbocycles. The number of carbonyl (C=O) groups excluding carboxylic acids is 2. The molecule has 152 valence electrons. The van der Waals surface area contributed by atoms with Gasteiger partial charge >= 0.3 is 5.97 Å². The van der Waals surface area contributed by atoms with Crippen molar-refractivity contribution >= 4 is 21.9 Å². The summed E-state index contributed by atoms with van der Waals surface area (Å²) < 4.78 is 38.8. The van der Waals surface area contributed by atoms with Gasteiger partial charge in [0.05, 0.1) is 24.9 Å². The monoisotopic (exact) mass is 400 g/mol. The van der Waals surface area contributed by atoms with Gasteiger partial charge in [0.15, 0.2) is 5.78 Å². The van der Waals surface area contributed by atoms with E-state index < -0.39 is 27.9 Å². The Hall–Kier alpha value is -1.93. The topological polar surface area (TPSA) is 96.0 Å². The Kier molecular flexibility index (Phi) is 8.43. The van der Waals surface area contributed by atoms with E-state index >= 15 is 0 Å². The van der Waals surface area contributed by atoms with Gasteiger partial charge in [-0.1, -0.05) is 6.92 Å². The van der Waals surface area contributed by atoms with Crippen molar-refractivity contribution in [3.05, 3.63) is 29.3 Å². The summed E-state index contributed by atoms with van der Waals surface area (Å²) in [4.78, 5) is 23.9. The van der Waals surface area contributed by atoms with Crippen molar-refractivity contribution in [1.82, 2.24) is 0 Å². The summed E-state index contributed by atoms with van der Waals surface area (Å²) in [5.74, 6) is -0.503. The number of rotatable bonds is 11. The fraction of sp³-hybridized carbons (Fsp3) is 0.579. The van der Waals surface area contributed by atoms with E-state index in [4.69, 9.17) is 13.7 Å². The molecular formula is C19H28O7S. The van der Waals surface area contributed by atoms with Crippen LogP contribution >= 0.6 is 0 Å². The lowest BCUT2D eigenvalue weighted by atomic mass is 9.91. The fourth-order valence-corrected chi connectivity index (χ4v) is 2.95. The zero-order valence-electron chi connectivity index (χ0n) is 16.5. The van der Waals surface area contributed by atoms with Crippen molar-refractivity contribution < 1.29 is 31.7 Å². The van der Waals surface area contributed by atoms with E-state index in [1.807, 2.05) is 6.92 Å². The number of ether oxygens (including phenoxy) is 2. The maximum Gasteiger partial charge on any atom is 0.311 e. The van der Waals surface area contributed by atoms with E-state index in [0.717, 1.165) is 5.56 Å². The highest BCUT2D eigenvalue weighted by Gasteiger charge is 2.27. The maximum atomic E-state index is 12.1. The van der Waals surface area contributed by atoms with Gasteiger partial charge < -0.3 is 9.47 Å². The number of hydrogen-bond acceptors (Lipinski definition) is 7. The molecule has 0 atom stereocenters. The highest BCUT2D eigenvalue weighted by Crippen LogP contribution is 2.21. The fourth-order valence-electron chi connectivity index (χ4n) is 2.08. The van der Waals surface area contributed by atoms with Gasteiger partial charge in [0.25, 0.3) is 10.1 Å². The van der Waals surface area contributed by atoms with Crippen LogP contribution in [-0.4, -0.2) is 46.2 Å². The first kappa shape index (κ1) is 23.1. The first-order valence-electron chi connectivity index (χ1n) is 8.74. The minimum absolute atomic E-state index is 0.0174. The lowest BCUT2D eigenvalue weighted by Gasteiger charge is -2.20. The summed E-state index contributed by atoms with van der Waals surface area (Å²) >= 11 is 0. The Bertz CT molecular complexity index is 766. The zero-order chi connectivity index (χ0) is 20.7. The van der Waals surface area contributed by atoms with Crippen LogP contribution in [0.15, 0.2) is 18.2 Å². The number of esters is 1. The summed E-state index contributed by atoms with van der Waals surface area (Å²) in [6.07, 6.45) is 0.726. The SMILES string of the molecule is CCC(C)(C)C(=O)OCCCS(=O)(=O)OCC(=O)c1ccc(OC)c(C)c1. The molecule has 0 fully saturated rings. The van der Waals surface area contributed by atoms with E-state index in [9.17, 15) is 18.0 Å². The summed E-state index contributed by atoms with van der Waals surface area (Å²) in [5, 5.41) is 0. The van der Waals surface area contributed by atoms with Gasteiger partial charge in [-0.25, -0.2) is 0 Å². The van der Waals surface area contributed by atoms with Crippen LogP contribution in [0.25, 0.3) is 0 Å². The Morgan fingerprint density at radius 1 is 1.19 bits per heavy atom. The van der Waals surface area contributed by atoms with Gasteiger partial charge in [-0.3, -0.25) is 13.8 Å². The van der Waals surface area contributed by atoms with Crippen molar-refractivity contribution in [2.45, 2.75) is 40.5 Å². The van der Waals surface area contributed by atoms with Gasteiger partial charge in [-0.2, -0.15) is 8.42 Å². The molecule has 27 heavy (non-hydrogen) atoms. The molecular weight excluding hydrogens is 372 g/mol. The third-order valence-electron chi connectivity index (χ3n) is 4.29. The second-order valence-corrected chi connectivity index (χ2v) is 8.62. The molecule has 0 aliphatic carbocycles. The van der Waals surface area contributed by atoms with E-state index in [1.54, 1.807) is 39.0 Å². The first-order chi connectivity index (χ1) is 12.5. The number of hydrogen-bond donors (Lipinski definition) is 0. The molecule has 1 aromatic carbocycles. The average molecular weight is 400 g/mol. The van der Waals surface area contributed by atoms with Gasteiger partial charge in [-0.05, 0) is 57.4 Å². The molecule has 0 N–H and O–H groups in total. The molecule has 7 nitrogen and oxygen atoms in total. The zero-order valence-corrected chi connectivity index (χ0v) is 17.4. The number of ketones is 1. The van der Waals surface area contributed by atoms with Crippen LogP contribution in [0, 0.1) is 12.3 Å². The number of aryl methyl sites for hydroxylation is 1. The predicted octanol–water partition coefficient (Wildman–Crippen LogP) is 2.90. The highest BCUT2D eigenvalue weighted by atomic mass is 32.2. The molecule has 0 aliphatic heterocycles. The van der Waals surface area contributed by atoms with Crippen LogP contribution in [0.3, 0.4) is 0 Å². The van der Waals surface area contributed by atoms with Gasteiger partial charge in [0, 0.05) is 5.56 Å². The second kappa shape index (κ2) is 9.85. The maximum absolute atomic E-state index is 12.1. The lowest BCUT2D eigenvalue weighted by Crippen LogP contribution is -2.26. The normalized spacial score (nSPS) is 11.9. The number of carbonyl (C=O) groups is 2. The van der Waals surface area contributed by atoms with Crippen molar-refractivity contribution in [3.63, 3.8) is 0 Å². The van der Waals surface area contributed by atoms with E-state index in [1.165, 1.54) is 7.11 Å². The predicted molar refractivity (Wildman–Crippen MR) is 101 cm³/mol. The molecule has 0 bridgehead atoms. The standard InChI is InChI=1S/C19H28O7S/c1-6-19(3,4)18(21)25-10-7-11-27(22,23)26-13-16(20)15-8-9-17(24-5)14(2)12-15/h8-9,12H,6-7,10-11,13H2,1-5H3. The van der Waals surface area contributed by atoms with Crippen LogP contribution in [0.1, 0.15) is 49.5 Å². The van der Waals surface area contributed by atoms with Crippen LogP contribution in [-0.2, 0) is 23.8 Å². The molecule has 0 aromatic heterocycles. The largest absolute Gasteiger partial charge is 0.496 e. The molecule has 0 unspecified atom stereocenters. The molecule has 0 amide bonds. The number of methoxy groups -OCH3 is 1. The van der Waals surface area contributed by atoms with E-state index in [-0.39, 0.29) is 24.7 Å². The van der Waals surface area contributed by atoms with Gasteiger partial charge in [0.2, 0.25) is 0 Å². The first-order valence-corrected chi connectivity index (χ1v) is 10.3. The molecule has 0 saturated heterocycles. The Morgan fingerprint density at radius 2 is 1.85 bits per heavy atom. The van der Waals surface area contributed by atoms with E-state index in [0.29, 0.717) is 17.7 Å². The molecule has 1 rings (SSSR count). The van der Waals surface area contributed by atoms with Crippen LogP contribution < -0.4 is 4.74 Å². The van der Waals surface area contributed by atoms with Gasteiger partial charge in [0.1, 0.15) is 12.4 Å². The Balaban J connectivity index is 2.46. The summed E-state index contributed by atoms with van der Waals surface area (Å²) in [6, 6.07) is 4.81.